The summed E-state index contributed by atoms with van der Waals surface area (Å²) in [6, 6.07) is 0. The van der Waals surface area contributed by atoms with Gasteiger partial charge in [0.25, 0.3) is 0 Å². The van der Waals surface area contributed by atoms with Crippen LogP contribution in [0, 0.1) is 17.8 Å². The maximum Gasteiger partial charge on any atom is 0.472 e. The van der Waals surface area contributed by atoms with E-state index in [0.29, 0.717) is 25.7 Å². The average Bonchev–Trinajstić information content (AvgIpc) is 0.902. The zero-order valence-corrected chi connectivity index (χ0v) is 72.4. The van der Waals surface area contributed by atoms with E-state index in [-0.39, 0.29) is 25.7 Å². The van der Waals surface area contributed by atoms with Crippen molar-refractivity contribution in [1.82, 2.24) is 0 Å². The maximum atomic E-state index is 13.2. The monoisotopic (exact) mass is 1560 g/mol. The molecule has 0 aliphatic heterocycles. The van der Waals surface area contributed by atoms with Crippen molar-refractivity contribution in [2.45, 2.75) is 484 Å². The van der Waals surface area contributed by atoms with Gasteiger partial charge in [0.2, 0.25) is 0 Å². The first kappa shape index (κ1) is 105. The predicted octanol–water partition coefficient (Wildman–Crippen LogP) is 26.9. The van der Waals surface area contributed by atoms with Crippen LogP contribution in [-0.4, -0.2) is 96.7 Å². The Morgan fingerprint density at radius 2 is 0.477 bits per heavy atom. The Morgan fingerprint density at radius 3 is 0.710 bits per heavy atom. The lowest BCUT2D eigenvalue weighted by Gasteiger charge is -2.21. The lowest BCUT2D eigenvalue weighted by Crippen LogP contribution is -2.30. The smallest absolute Gasteiger partial charge is 0.462 e. The molecule has 0 amide bonds. The summed E-state index contributed by atoms with van der Waals surface area (Å²) < 4.78 is 69.0. The number of aliphatic hydroxyl groups is 1. The van der Waals surface area contributed by atoms with Crippen molar-refractivity contribution >= 4 is 39.5 Å². The third-order valence-corrected chi connectivity index (χ3v) is 22.9. The molecular weight excluding hydrogens is 1390 g/mol. The molecule has 0 aliphatic rings. The molecule has 0 heterocycles. The normalized spacial score (nSPS) is 14.1. The van der Waals surface area contributed by atoms with Gasteiger partial charge in [-0.25, -0.2) is 9.13 Å². The highest BCUT2D eigenvalue weighted by Crippen LogP contribution is 2.45. The fourth-order valence-electron chi connectivity index (χ4n) is 13.7. The number of carbonyl (C=O) groups is 4. The second kappa shape index (κ2) is 78.0. The predicted molar refractivity (Wildman–Crippen MR) is 441 cm³/mol. The van der Waals surface area contributed by atoms with Crippen LogP contribution in [0.1, 0.15) is 466 Å². The molecule has 107 heavy (non-hydrogen) atoms. The van der Waals surface area contributed by atoms with Crippen LogP contribution in [0.4, 0.5) is 0 Å². The minimum Gasteiger partial charge on any atom is -0.462 e. The van der Waals surface area contributed by atoms with Crippen LogP contribution in [0.2, 0.25) is 0 Å². The molecule has 0 aromatic carbocycles. The molecule has 19 heteroatoms. The lowest BCUT2D eigenvalue weighted by atomic mass is 9.99. The average molecular weight is 1560 g/mol. The molecule has 0 aromatic heterocycles. The number of ether oxygens (including phenoxy) is 4. The van der Waals surface area contributed by atoms with E-state index in [2.05, 4.69) is 48.5 Å². The maximum absolute atomic E-state index is 13.2. The van der Waals surface area contributed by atoms with E-state index in [4.69, 9.17) is 37.0 Å². The summed E-state index contributed by atoms with van der Waals surface area (Å²) in [7, 11) is -9.93. The van der Waals surface area contributed by atoms with Gasteiger partial charge in [0.1, 0.15) is 19.3 Å². The highest BCUT2D eigenvalue weighted by molar-refractivity contribution is 7.47. The second-order valence-corrected chi connectivity index (χ2v) is 35.7. The molecule has 0 radical (unpaired) electrons. The van der Waals surface area contributed by atoms with Crippen LogP contribution in [0.25, 0.3) is 0 Å². The zero-order valence-electron chi connectivity index (χ0n) is 70.6. The van der Waals surface area contributed by atoms with Crippen LogP contribution in [-0.2, 0) is 65.4 Å². The van der Waals surface area contributed by atoms with Gasteiger partial charge in [-0.3, -0.25) is 37.3 Å². The molecule has 636 valence electrons. The van der Waals surface area contributed by atoms with E-state index >= 15 is 0 Å². The molecule has 0 aromatic rings. The van der Waals surface area contributed by atoms with Crippen LogP contribution in [0.5, 0.6) is 0 Å². The minimum absolute atomic E-state index is 0.106. The number of carbonyl (C=O) groups excluding carboxylic acids is 4. The van der Waals surface area contributed by atoms with E-state index in [1.807, 2.05) is 0 Å². The molecule has 0 rings (SSSR count). The van der Waals surface area contributed by atoms with Gasteiger partial charge in [0, 0.05) is 25.7 Å². The van der Waals surface area contributed by atoms with E-state index < -0.39 is 97.5 Å². The van der Waals surface area contributed by atoms with Crippen molar-refractivity contribution < 1.29 is 80.2 Å². The molecule has 0 bridgehead atoms. The van der Waals surface area contributed by atoms with Crippen molar-refractivity contribution in [1.29, 1.82) is 0 Å². The first-order valence-electron chi connectivity index (χ1n) is 45.4. The number of esters is 4. The van der Waals surface area contributed by atoms with Crippen LogP contribution < -0.4 is 0 Å². The Kier molecular flexibility index (Phi) is 76.6. The summed E-state index contributed by atoms with van der Waals surface area (Å²) in [6.45, 7) is 12.0. The molecular formula is C88H172O17P2. The number of phosphoric ester groups is 2. The summed E-state index contributed by atoms with van der Waals surface area (Å²) in [4.78, 5) is 73.3. The number of hydrogen-bond donors (Lipinski definition) is 3. The minimum atomic E-state index is -4.97. The lowest BCUT2D eigenvalue weighted by molar-refractivity contribution is -0.161. The van der Waals surface area contributed by atoms with Gasteiger partial charge in [0.15, 0.2) is 12.2 Å². The van der Waals surface area contributed by atoms with Gasteiger partial charge in [0.05, 0.1) is 26.4 Å². The Labute approximate surface area is 658 Å². The largest absolute Gasteiger partial charge is 0.472 e. The van der Waals surface area contributed by atoms with Crippen LogP contribution in [0.15, 0.2) is 0 Å². The van der Waals surface area contributed by atoms with Gasteiger partial charge in [-0.2, -0.15) is 0 Å². The number of hydrogen-bond acceptors (Lipinski definition) is 15. The van der Waals surface area contributed by atoms with Crippen LogP contribution >= 0.6 is 15.6 Å². The second-order valence-electron chi connectivity index (χ2n) is 32.8. The highest BCUT2D eigenvalue weighted by Gasteiger charge is 2.31. The van der Waals surface area contributed by atoms with E-state index in [9.17, 15) is 43.2 Å². The molecule has 6 atom stereocenters. The van der Waals surface area contributed by atoms with Gasteiger partial charge < -0.3 is 33.8 Å². The topological polar surface area (TPSA) is 237 Å². The molecule has 0 saturated carbocycles. The van der Waals surface area contributed by atoms with Crippen molar-refractivity contribution in [3.05, 3.63) is 0 Å². The summed E-state index contributed by atoms with van der Waals surface area (Å²) in [5.41, 5.74) is 0. The fourth-order valence-corrected chi connectivity index (χ4v) is 15.3. The van der Waals surface area contributed by atoms with Crippen molar-refractivity contribution in [3.63, 3.8) is 0 Å². The van der Waals surface area contributed by atoms with Gasteiger partial charge >= 0.3 is 39.5 Å². The standard InChI is InChI=1S/C88H172O17P2/c1-8-10-11-12-13-14-15-16-17-18-19-23-26-29-34-41-48-55-62-69-85(90)98-75-83(104-87(92)71-64-57-50-42-35-30-27-24-21-20-22-25-28-33-40-47-54-61-68-81(7)9-2)77-102-106(94,95)100-73-82(89)74-101-107(96,97)103-78-84(76-99-86(91)70-63-56-49-44-37-39-46-53-60-67-80(5)6)105-88(93)72-65-58-51-43-36-31-32-38-45-52-59-66-79(3)4/h79-84,89H,8-78H2,1-7H3,(H,94,95)(H,96,97)/t81?,82-,83-,84-/m1/s1. The molecule has 0 fully saturated rings. The summed E-state index contributed by atoms with van der Waals surface area (Å²) in [6.07, 6.45) is 69.5. The molecule has 0 spiro atoms. The Bertz CT molecular complexity index is 2060. The number of unbranched alkanes of at least 4 members (excludes halogenated alkanes) is 53. The van der Waals surface area contributed by atoms with Crippen molar-refractivity contribution in [2.75, 3.05) is 39.6 Å². The number of aliphatic hydroxyl groups excluding tert-OH is 1. The molecule has 3 unspecified atom stereocenters. The summed E-state index contributed by atoms with van der Waals surface area (Å²) in [5.74, 6) is 0.277. The Balaban J connectivity index is 5.24. The first-order chi connectivity index (χ1) is 51.8. The van der Waals surface area contributed by atoms with E-state index in [1.54, 1.807) is 0 Å². The first-order valence-corrected chi connectivity index (χ1v) is 48.4. The Morgan fingerprint density at radius 1 is 0.271 bits per heavy atom. The molecule has 0 saturated heterocycles. The quantitative estimate of drug-likeness (QED) is 0.0222. The van der Waals surface area contributed by atoms with Crippen LogP contribution in [0.3, 0.4) is 0 Å². The third kappa shape index (κ3) is 80.5. The zero-order chi connectivity index (χ0) is 78.6. The van der Waals surface area contributed by atoms with E-state index in [1.165, 1.54) is 276 Å². The Hall–Kier alpha value is -1.94. The van der Waals surface area contributed by atoms with Crippen molar-refractivity contribution in [2.24, 2.45) is 17.8 Å². The SMILES string of the molecule is CCCCCCCCCCCCCCCCCCCCCC(=O)OC[C@H](COP(=O)(O)OC[C@@H](O)COP(=O)(O)OC[C@@H](COC(=O)CCCCCCCCCCCC(C)C)OC(=O)CCCCCCCCCCCCCC(C)C)OC(=O)CCCCCCCCCCCCCCCCCCCCC(C)CC. The number of phosphoric acid groups is 2. The highest BCUT2D eigenvalue weighted by atomic mass is 31.2. The number of rotatable bonds is 86. The molecule has 17 nitrogen and oxygen atoms in total. The summed E-state index contributed by atoms with van der Waals surface area (Å²) in [5, 5.41) is 10.7. The molecule has 3 N–H and O–H groups in total. The molecule has 0 aliphatic carbocycles. The third-order valence-electron chi connectivity index (χ3n) is 21.0. The van der Waals surface area contributed by atoms with Gasteiger partial charge in [-0.15, -0.1) is 0 Å². The summed E-state index contributed by atoms with van der Waals surface area (Å²) >= 11 is 0. The van der Waals surface area contributed by atoms with Gasteiger partial charge in [-0.1, -0.05) is 414 Å². The van der Waals surface area contributed by atoms with Crippen molar-refractivity contribution in [3.8, 4) is 0 Å². The fraction of sp³-hybridized carbons (Fsp3) is 0.955. The van der Waals surface area contributed by atoms with E-state index in [0.717, 1.165) is 108 Å². The van der Waals surface area contributed by atoms with Gasteiger partial charge in [-0.05, 0) is 43.4 Å².